The molecule has 0 unspecified atom stereocenters. The third-order valence-electron chi connectivity index (χ3n) is 4.95. The van der Waals surface area contributed by atoms with Gasteiger partial charge in [-0.15, -0.1) is 0 Å². The summed E-state index contributed by atoms with van der Waals surface area (Å²) in [5, 5.41) is 2.89. The first-order valence-corrected chi connectivity index (χ1v) is 9.36. The van der Waals surface area contributed by atoms with Gasteiger partial charge in [-0.2, -0.15) is 0 Å². The topological polar surface area (TPSA) is 66.7 Å². The molecule has 1 aromatic carbocycles. The first-order chi connectivity index (χ1) is 13.2. The van der Waals surface area contributed by atoms with E-state index in [0.29, 0.717) is 22.6 Å². The van der Waals surface area contributed by atoms with E-state index in [1.54, 1.807) is 28.9 Å². The number of para-hydroxylation sites is 1. The van der Waals surface area contributed by atoms with Gasteiger partial charge in [-0.3, -0.25) is 14.0 Å². The molecule has 0 atom stereocenters. The van der Waals surface area contributed by atoms with Gasteiger partial charge >= 0.3 is 0 Å². The minimum absolute atomic E-state index is 0.0223. The fraction of sp³-hybridized carbons (Fsp3) is 0.286. The number of hydrogen-bond acceptors (Lipinski definition) is 3. The number of benzene rings is 1. The number of likely N-dealkylation sites (tertiary alicyclic amines) is 1. The molecule has 4 rings (SSSR count). The fourth-order valence-electron chi connectivity index (χ4n) is 3.51. The fourth-order valence-corrected chi connectivity index (χ4v) is 3.51. The van der Waals surface area contributed by atoms with Crippen LogP contribution in [0, 0.1) is 0 Å². The molecular weight excluding hydrogens is 340 g/mol. The molecule has 1 aliphatic rings. The zero-order valence-electron chi connectivity index (χ0n) is 15.1. The number of hydrogen-bond donors (Lipinski definition) is 1. The molecule has 2 amide bonds. The van der Waals surface area contributed by atoms with Gasteiger partial charge in [0.25, 0.3) is 11.8 Å². The molecule has 6 heteroatoms. The normalized spacial score (nSPS) is 14.7. The van der Waals surface area contributed by atoms with Crippen LogP contribution in [0.4, 0.5) is 5.69 Å². The van der Waals surface area contributed by atoms with Crippen LogP contribution in [0.5, 0.6) is 0 Å². The van der Waals surface area contributed by atoms with Crippen molar-refractivity contribution >= 4 is 23.1 Å². The number of nitrogens with one attached hydrogen (secondary N) is 1. The number of carbonyl (C=O) groups is 2. The summed E-state index contributed by atoms with van der Waals surface area (Å²) in [4.78, 5) is 32.0. The van der Waals surface area contributed by atoms with Gasteiger partial charge < -0.3 is 10.2 Å². The van der Waals surface area contributed by atoms with Crippen molar-refractivity contribution in [3.63, 3.8) is 0 Å². The third-order valence-corrected chi connectivity index (χ3v) is 4.95. The summed E-state index contributed by atoms with van der Waals surface area (Å²) in [5.41, 5.74) is 2.20. The number of rotatable bonds is 3. The average molecular weight is 362 g/mol. The summed E-state index contributed by atoms with van der Waals surface area (Å²) in [5.74, 6) is -0.309. The first-order valence-electron chi connectivity index (χ1n) is 9.36. The smallest absolute Gasteiger partial charge is 0.274 e. The minimum Gasteiger partial charge on any atom is -0.339 e. The Hall–Kier alpha value is -3.15. The molecule has 1 fully saturated rings. The Labute approximate surface area is 157 Å². The van der Waals surface area contributed by atoms with E-state index in [9.17, 15) is 9.59 Å². The van der Waals surface area contributed by atoms with Crippen molar-refractivity contribution in [3.05, 3.63) is 66.1 Å². The number of anilines is 1. The molecule has 0 aliphatic carbocycles. The van der Waals surface area contributed by atoms with Crippen molar-refractivity contribution in [2.75, 3.05) is 18.4 Å². The lowest BCUT2D eigenvalue weighted by Crippen LogP contribution is -2.32. The zero-order valence-corrected chi connectivity index (χ0v) is 15.1. The van der Waals surface area contributed by atoms with Crippen LogP contribution in [0.1, 0.15) is 46.5 Å². The molecule has 1 N–H and O–H groups in total. The van der Waals surface area contributed by atoms with Crippen molar-refractivity contribution in [1.82, 2.24) is 14.3 Å². The maximum atomic E-state index is 13.0. The van der Waals surface area contributed by atoms with Gasteiger partial charge in [0.1, 0.15) is 11.3 Å². The predicted octanol–water partition coefficient (Wildman–Crippen LogP) is 3.60. The predicted molar refractivity (Wildman–Crippen MR) is 104 cm³/mol. The summed E-state index contributed by atoms with van der Waals surface area (Å²) in [6.07, 6.45) is 7.73. The molecule has 2 aromatic heterocycles. The number of amides is 2. The monoisotopic (exact) mass is 362 g/mol. The van der Waals surface area contributed by atoms with Gasteiger partial charge in [-0.05, 0) is 37.1 Å². The van der Waals surface area contributed by atoms with E-state index < -0.39 is 0 Å². The Kier molecular flexibility index (Phi) is 4.87. The summed E-state index contributed by atoms with van der Waals surface area (Å²) in [6, 6.07) is 12.8. The van der Waals surface area contributed by atoms with E-state index in [4.69, 9.17) is 0 Å². The summed E-state index contributed by atoms with van der Waals surface area (Å²) >= 11 is 0. The number of nitrogens with zero attached hydrogens (tertiary/aromatic N) is 3. The number of imidazole rings is 1. The van der Waals surface area contributed by atoms with E-state index in [1.165, 1.54) is 0 Å². The van der Waals surface area contributed by atoms with Crippen LogP contribution in [0.3, 0.4) is 0 Å². The van der Waals surface area contributed by atoms with Crippen molar-refractivity contribution < 1.29 is 9.59 Å². The summed E-state index contributed by atoms with van der Waals surface area (Å²) in [7, 11) is 0. The number of fused-ring (bicyclic) bond motifs is 1. The van der Waals surface area contributed by atoms with Crippen molar-refractivity contribution in [2.24, 2.45) is 0 Å². The Balaban J connectivity index is 1.59. The number of pyridine rings is 1. The Bertz CT molecular complexity index is 971. The van der Waals surface area contributed by atoms with E-state index in [1.807, 2.05) is 35.2 Å². The zero-order chi connectivity index (χ0) is 18.6. The Morgan fingerprint density at radius 2 is 1.67 bits per heavy atom. The maximum Gasteiger partial charge on any atom is 0.274 e. The molecule has 6 nitrogen and oxygen atoms in total. The average Bonchev–Trinajstić information content (AvgIpc) is 2.94. The second kappa shape index (κ2) is 7.61. The van der Waals surface area contributed by atoms with Crippen molar-refractivity contribution in [2.45, 2.75) is 25.7 Å². The van der Waals surface area contributed by atoms with Crippen LogP contribution < -0.4 is 5.32 Å². The highest BCUT2D eigenvalue weighted by atomic mass is 16.2. The lowest BCUT2D eigenvalue weighted by molar-refractivity contribution is 0.0762. The van der Waals surface area contributed by atoms with Gasteiger partial charge in [0, 0.05) is 19.3 Å². The molecule has 0 saturated carbocycles. The molecule has 27 heavy (non-hydrogen) atoms. The van der Waals surface area contributed by atoms with Crippen LogP contribution in [-0.4, -0.2) is 39.2 Å². The van der Waals surface area contributed by atoms with Gasteiger partial charge in [0.2, 0.25) is 0 Å². The molecule has 3 heterocycles. The largest absolute Gasteiger partial charge is 0.339 e. The van der Waals surface area contributed by atoms with E-state index in [2.05, 4.69) is 10.3 Å². The molecule has 1 aliphatic heterocycles. The van der Waals surface area contributed by atoms with Crippen molar-refractivity contribution in [1.29, 1.82) is 0 Å². The quantitative estimate of drug-likeness (QED) is 0.774. The van der Waals surface area contributed by atoms with Gasteiger partial charge in [0.15, 0.2) is 0 Å². The van der Waals surface area contributed by atoms with Crippen LogP contribution in [0.15, 0.2) is 54.9 Å². The molecule has 3 aromatic rings. The standard InChI is InChI=1S/C21H22N4O2/c26-20(18-15-22-19-11-5-8-14-25(18)19)23-17-10-4-3-9-16(17)21(27)24-12-6-1-2-7-13-24/h3-5,8-11,14-15H,1-2,6-7,12-13H2,(H,23,26). The van der Waals surface area contributed by atoms with Gasteiger partial charge in [-0.1, -0.05) is 31.0 Å². The highest BCUT2D eigenvalue weighted by molar-refractivity contribution is 6.08. The molecule has 138 valence electrons. The van der Waals surface area contributed by atoms with E-state index in [-0.39, 0.29) is 11.8 Å². The highest BCUT2D eigenvalue weighted by Crippen LogP contribution is 2.21. The Morgan fingerprint density at radius 3 is 2.48 bits per heavy atom. The van der Waals surface area contributed by atoms with Crippen LogP contribution in [0.25, 0.3) is 5.65 Å². The lowest BCUT2D eigenvalue weighted by Gasteiger charge is -2.22. The molecular formula is C21H22N4O2. The number of carbonyl (C=O) groups excluding carboxylic acids is 2. The SMILES string of the molecule is O=C(Nc1ccccc1C(=O)N1CCCCCC1)c1cnc2ccccn12. The molecule has 0 bridgehead atoms. The van der Waals surface area contributed by atoms with E-state index in [0.717, 1.165) is 38.8 Å². The van der Waals surface area contributed by atoms with Crippen LogP contribution in [0.2, 0.25) is 0 Å². The Morgan fingerprint density at radius 1 is 0.926 bits per heavy atom. The molecule has 1 saturated heterocycles. The summed E-state index contributed by atoms with van der Waals surface area (Å²) in [6.45, 7) is 1.54. The van der Waals surface area contributed by atoms with Gasteiger partial charge in [-0.25, -0.2) is 4.98 Å². The second-order valence-corrected chi connectivity index (χ2v) is 6.78. The van der Waals surface area contributed by atoms with Crippen LogP contribution in [-0.2, 0) is 0 Å². The van der Waals surface area contributed by atoms with E-state index >= 15 is 0 Å². The second-order valence-electron chi connectivity index (χ2n) is 6.78. The maximum absolute atomic E-state index is 13.0. The van der Waals surface area contributed by atoms with Crippen LogP contribution >= 0.6 is 0 Å². The highest BCUT2D eigenvalue weighted by Gasteiger charge is 2.21. The molecule has 0 spiro atoms. The lowest BCUT2D eigenvalue weighted by atomic mass is 10.1. The molecule has 0 radical (unpaired) electrons. The number of aromatic nitrogens is 2. The first kappa shape index (κ1) is 17.3. The third kappa shape index (κ3) is 3.56. The van der Waals surface area contributed by atoms with Gasteiger partial charge in [0.05, 0.1) is 17.4 Å². The summed E-state index contributed by atoms with van der Waals surface area (Å²) < 4.78 is 1.73. The van der Waals surface area contributed by atoms with Crippen molar-refractivity contribution in [3.8, 4) is 0 Å². The minimum atomic E-state index is -0.287.